The zero-order valence-corrected chi connectivity index (χ0v) is 14.4. The third kappa shape index (κ3) is 4.51. The molecule has 0 radical (unpaired) electrons. The Morgan fingerprint density at radius 3 is 2.33 bits per heavy atom. The highest BCUT2D eigenvalue weighted by Gasteiger charge is 2.28. The first-order chi connectivity index (χ1) is 9.70. The normalized spacial score (nSPS) is 15.4. The van der Waals surface area contributed by atoms with E-state index in [0.29, 0.717) is 18.0 Å². The average molecular weight is 313 g/mol. The Bertz CT molecular complexity index is 556. The van der Waals surface area contributed by atoms with Gasteiger partial charge in [-0.2, -0.15) is 4.31 Å². The third-order valence-corrected chi connectivity index (χ3v) is 5.51. The lowest BCUT2D eigenvalue weighted by Gasteiger charge is -2.29. The Morgan fingerprint density at radius 2 is 1.86 bits per heavy atom. The zero-order chi connectivity index (χ0) is 16.2. The van der Waals surface area contributed by atoms with Gasteiger partial charge in [0.15, 0.2) is 0 Å². The van der Waals surface area contributed by atoms with Crippen LogP contribution in [0.3, 0.4) is 0 Å². The van der Waals surface area contributed by atoms with Crippen molar-refractivity contribution in [3.63, 3.8) is 0 Å². The quantitative estimate of drug-likeness (QED) is 0.831. The Balaban J connectivity index is 3.15. The van der Waals surface area contributed by atoms with Gasteiger partial charge in [-0.15, -0.1) is 0 Å². The molecule has 0 aromatic heterocycles. The fraction of sp³-hybridized carbons (Fsp3) is 0.600. The SMILES string of the molecule is CCN(C(C)CN(C)C)S(=O)(=O)c1cccc(C(C)N)c1. The molecular weight excluding hydrogens is 286 g/mol. The smallest absolute Gasteiger partial charge is 0.243 e. The van der Waals surface area contributed by atoms with Crippen molar-refractivity contribution in [2.75, 3.05) is 27.2 Å². The first-order valence-electron chi connectivity index (χ1n) is 7.22. The van der Waals surface area contributed by atoms with Gasteiger partial charge in [0.2, 0.25) is 10.0 Å². The summed E-state index contributed by atoms with van der Waals surface area (Å²) in [5.41, 5.74) is 6.67. The van der Waals surface area contributed by atoms with Crippen LogP contribution in [0.5, 0.6) is 0 Å². The molecule has 0 aliphatic carbocycles. The number of benzene rings is 1. The van der Waals surface area contributed by atoms with E-state index in [4.69, 9.17) is 5.73 Å². The second-order valence-corrected chi connectivity index (χ2v) is 7.57. The summed E-state index contributed by atoms with van der Waals surface area (Å²) >= 11 is 0. The van der Waals surface area contributed by atoms with E-state index in [0.717, 1.165) is 5.56 Å². The van der Waals surface area contributed by atoms with Gasteiger partial charge in [-0.25, -0.2) is 8.42 Å². The molecule has 0 bridgehead atoms. The third-order valence-electron chi connectivity index (χ3n) is 3.42. The van der Waals surface area contributed by atoms with Crippen LogP contribution in [0.1, 0.15) is 32.4 Å². The molecule has 0 aliphatic heterocycles. The molecule has 2 N–H and O–H groups in total. The lowest BCUT2D eigenvalue weighted by atomic mass is 10.1. The molecule has 5 nitrogen and oxygen atoms in total. The zero-order valence-electron chi connectivity index (χ0n) is 13.6. The monoisotopic (exact) mass is 313 g/mol. The van der Waals surface area contributed by atoms with Crippen molar-refractivity contribution >= 4 is 10.0 Å². The molecule has 0 saturated heterocycles. The van der Waals surface area contributed by atoms with Crippen molar-refractivity contribution in [2.45, 2.75) is 37.8 Å². The van der Waals surface area contributed by atoms with Gasteiger partial charge in [-0.1, -0.05) is 19.1 Å². The molecule has 0 aliphatic rings. The maximum Gasteiger partial charge on any atom is 0.243 e. The van der Waals surface area contributed by atoms with Crippen LogP contribution in [0.25, 0.3) is 0 Å². The number of hydrogen-bond donors (Lipinski definition) is 1. The summed E-state index contributed by atoms with van der Waals surface area (Å²) in [5.74, 6) is 0. The first-order valence-corrected chi connectivity index (χ1v) is 8.66. The predicted octanol–water partition coefficient (Wildman–Crippen LogP) is 1.67. The van der Waals surface area contributed by atoms with Crippen molar-refractivity contribution < 1.29 is 8.42 Å². The number of nitrogens with zero attached hydrogens (tertiary/aromatic N) is 2. The number of sulfonamides is 1. The Hall–Kier alpha value is -0.950. The van der Waals surface area contributed by atoms with Crippen LogP contribution < -0.4 is 5.73 Å². The standard InChI is InChI=1S/C15H27N3O2S/c1-6-18(12(2)11-17(4)5)21(19,20)15-9-7-8-14(10-15)13(3)16/h7-10,12-13H,6,11,16H2,1-5H3. The minimum absolute atomic E-state index is 0.0889. The minimum Gasteiger partial charge on any atom is -0.324 e. The highest BCUT2D eigenvalue weighted by molar-refractivity contribution is 7.89. The van der Waals surface area contributed by atoms with Crippen molar-refractivity contribution in [1.29, 1.82) is 0 Å². The molecule has 1 rings (SSSR count). The summed E-state index contributed by atoms with van der Waals surface area (Å²) in [6.07, 6.45) is 0. The van der Waals surface area contributed by atoms with Crippen LogP contribution in [0.4, 0.5) is 0 Å². The van der Waals surface area contributed by atoms with E-state index >= 15 is 0 Å². The average Bonchev–Trinajstić information content (AvgIpc) is 2.38. The van der Waals surface area contributed by atoms with Gasteiger partial charge in [0.1, 0.15) is 0 Å². The van der Waals surface area contributed by atoms with Crippen LogP contribution in [-0.2, 0) is 10.0 Å². The Labute approximate surface area is 128 Å². The summed E-state index contributed by atoms with van der Waals surface area (Å²) in [4.78, 5) is 2.30. The highest BCUT2D eigenvalue weighted by atomic mass is 32.2. The molecule has 0 saturated carbocycles. The summed E-state index contributed by atoms with van der Waals surface area (Å²) in [6, 6.07) is 6.62. The molecule has 2 atom stereocenters. The molecule has 6 heteroatoms. The first kappa shape index (κ1) is 18.1. The van der Waals surface area contributed by atoms with Gasteiger partial charge >= 0.3 is 0 Å². The van der Waals surface area contributed by atoms with Gasteiger partial charge in [-0.3, -0.25) is 0 Å². The summed E-state index contributed by atoms with van der Waals surface area (Å²) < 4.78 is 27.2. The van der Waals surface area contributed by atoms with Crippen LogP contribution >= 0.6 is 0 Å². The lowest BCUT2D eigenvalue weighted by Crippen LogP contribution is -2.43. The van der Waals surface area contributed by atoms with Crippen LogP contribution in [0, 0.1) is 0 Å². The van der Waals surface area contributed by atoms with Crippen LogP contribution in [0.15, 0.2) is 29.2 Å². The second kappa shape index (κ2) is 7.35. The molecule has 2 unspecified atom stereocenters. The van der Waals surface area contributed by atoms with E-state index in [2.05, 4.69) is 0 Å². The molecule has 0 spiro atoms. The Morgan fingerprint density at radius 1 is 1.24 bits per heavy atom. The van der Waals surface area contributed by atoms with Gasteiger partial charge in [0.25, 0.3) is 0 Å². The largest absolute Gasteiger partial charge is 0.324 e. The van der Waals surface area contributed by atoms with Crippen molar-refractivity contribution in [2.24, 2.45) is 5.73 Å². The number of hydrogen-bond acceptors (Lipinski definition) is 4. The molecule has 1 aromatic carbocycles. The van der Waals surface area contributed by atoms with Crippen LogP contribution in [0.2, 0.25) is 0 Å². The minimum atomic E-state index is -3.50. The lowest BCUT2D eigenvalue weighted by molar-refractivity contribution is 0.271. The van der Waals surface area contributed by atoms with Crippen molar-refractivity contribution in [3.8, 4) is 0 Å². The summed E-state index contributed by atoms with van der Waals surface area (Å²) in [7, 11) is 0.375. The summed E-state index contributed by atoms with van der Waals surface area (Å²) in [6.45, 7) is 6.76. The van der Waals surface area contributed by atoms with Gasteiger partial charge < -0.3 is 10.6 Å². The van der Waals surface area contributed by atoms with Gasteiger partial charge in [0, 0.05) is 25.2 Å². The fourth-order valence-electron chi connectivity index (χ4n) is 2.43. The molecule has 0 heterocycles. The molecule has 0 amide bonds. The number of likely N-dealkylation sites (N-methyl/N-ethyl adjacent to an activating group) is 2. The number of nitrogens with two attached hydrogens (primary N) is 1. The molecule has 0 fully saturated rings. The highest BCUT2D eigenvalue weighted by Crippen LogP contribution is 2.21. The van der Waals surface area contributed by atoms with E-state index in [-0.39, 0.29) is 12.1 Å². The predicted molar refractivity (Wildman–Crippen MR) is 86.6 cm³/mol. The molecule has 120 valence electrons. The van der Waals surface area contributed by atoms with E-state index in [1.165, 1.54) is 4.31 Å². The maximum absolute atomic E-state index is 12.8. The van der Waals surface area contributed by atoms with E-state index in [1.807, 2.05) is 45.8 Å². The molecule has 21 heavy (non-hydrogen) atoms. The molecule has 1 aromatic rings. The topological polar surface area (TPSA) is 66.6 Å². The van der Waals surface area contributed by atoms with E-state index < -0.39 is 10.0 Å². The van der Waals surface area contributed by atoms with E-state index in [1.54, 1.807) is 18.2 Å². The summed E-state index contributed by atoms with van der Waals surface area (Å²) in [5, 5.41) is 0. The van der Waals surface area contributed by atoms with Gasteiger partial charge in [-0.05, 0) is 45.6 Å². The second-order valence-electron chi connectivity index (χ2n) is 5.68. The Kier molecular flexibility index (Phi) is 6.34. The maximum atomic E-state index is 12.8. The van der Waals surface area contributed by atoms with Crippen molar-refractivity contribution in [3.05, 3.63) is 29.8 Å². The van der Waals surface area contributed by atoms with E-state index in [9.17, 15) is 8.42 Å². The van der Waals surface area contributed by atoms with Crippen molar-refractivity contribution in [1.82, 2.24) is 9.21 Å². The fourth-order valence-corrected chi connectivity index (χ4v) is 4.12. The van der Waals surface area contributed by atoms with Gasteiger partial charge in [0.05, 0.1) is 4.90 Å². The van der Waals surface area contributed by atoms with Crippen LogP contribution in [-0.4, -0.2) is 50.8 Å². The number of rotatable bonds is 7. The molecular formula is C15H27N3O2S.